The van der Waals surface area contributed by atoms with E-state index in [1.54, 1.807) is 0 Å². The van der Waals surface area contributed by atoms with Gasteiger partial charge in [-0.05, 0) is 30.7 Å². The van der Waals surface area contributed by atoms with Gasteiger partial charge in [0.2, 0.25) is 0 Å². The molecule has 0 spiro atoms. The average molecular weight is 335 g/mol. The smallest absolute Gasteiger partial charge is 0.0759 e. The highest BCUT2D eigenvalue weighted by atomic mass is 32.1. The number of rotatable bonds is 5. The van der Waals surface area contributed by atoms with Crippen LogP contribution in [-0.2, 0) is 0 Å². The summed E-state index contributed by atoms with van der Waals surface area (Å²) < 4.78 is 0. The number of thiol groups is 1. The topological polar surface area (TPSA) is 12.4 Å². The first-order valence-corrected chi connectivity index (χ1v) is 9.50. The molecule has 0 unspecified atom stereocenters. The van der Waals surface area contributed by atoms with E-state index in [0.717, 1.165) is 16.7 Å². The van der Waals surface area contributed by atoms with Crippen LogP contribution in [0.3, 0.4) is 0 Å². The number of benzene rings is 3. The summed E-state index contributed by atoms with van der Waals surface area (Å²) in [6, 6.07) is 29.3. The van der Waals surface area contributed by atoms with Crippen molar-refractivity contribution in [3.63, 3.8) is 0 Å². The summed E-state index contributed by atoms with van der Waals surface area (Å²) in [5.74, 6) is 0. The van der Waals surface area contributed by atoms with E-state index in [1.165, 1.54) is 10.6 Å². The van der Waals surface area contributed by atoms with Gasteiger partial charge in [0, 0.05) is 17.3 Å². The highest BCUT2D eigenvalue weighted by Gasteiger charge is 2.11. The van der Waals surface area contributed by atoms with Gasteiger partial charge in [-0.1, -0.05) is 72.8 Å². The zero-order chi connectivity index (χ0) is 15.9. The normalized spacial score (nSPS) is 11.2. The average Bonchev–Trinajstić information content (AvgIpc) is 2.62. The van der Waals surface area contributed by atoms with Gasteiger partial charge < -0.3 is 0 Å². The van der Waals surface area contributed by atoms with E-state index < -0.39 is 7.92 Å². The number of hydrogen-bond acceptors (Lipinski definition) is 2. The first-order chi connectivity index (χ1) is 11.3. The van der Waals surface area contributed by atoms with Crippen LogP contribution in [0.25, 0.3) is 0 Å². The van der Waals surface area contributed by atoms with Gasteiger partial charge in [0.15, 0.2) is 0 Å². The van der Waals surface area contributed by atoms with Gasteiger partial charge in [0.05, 0.1) is 5.69 Å². The molecule has 0 aliphatic rings. The van der Waals surface area contributed by atoms with Gasteiger partial charge in [-0.15, -0.1) is 12.6 Å². The molecule has 3 aromatic carbocycles. The summed E-state index contributed by atoms with van der Waals surface area (Å²) >= 11 is 4.45. The molecule has 0 fully saturated rings. The van der Waals surface area contributed by atoms with Crippen molar-refractivity contribution in [2.24, 2.45) is 4.99 Å². The lowest BCUT2D eigenvalue weighted by atomic mass is 10.3. The van der Waals surface area contributed by atoms with Crippen molar-refractivity contribution in [2.75, 3.05) is 6.16 Å². The zero-order valence-electron chi connectivity index (χ0n) is 12.7. The number of nitrogens with zero attached hydrogens (tertiary/aromatic N) is 1. The van der Waals surface area contributed by atoms with Crippen molar-refractivity contribution >= 4 is 43.1 Å². The van der Waals surface area contributed by atoms with Crippen LogP contribution in [0.4, 0.5) is 5.69 Å². The van der Waals surface area contributed by atoms with E-state index >= 15 is 0 Å². The quantitative estimate of drug-likeness (QED) is 0.390. The van der Waals surface area contributed by atoms with Gasteiger partial charge in [-0.2, -0.15) is 0 Å². The summed E-state index contributed by atoms with van der Waals surface area (Å²) in [4.78, 5) is 5.52. The van der Waals surface area contributed by atoms with Crippen LogP contribution in [0.15, 0.2) is 94.8 Å². The minimum atomic E-state index is -0.431. The summed E-state index contributed by atoms with van der Waals surface area (Å²) in [7, 11) is -0.431. The molecular weight excluding hydrogens is 317 g/mol. The molecule has 0 bridgehead atoms. The minimum absolute atomic E-state index is 0.431. The fraction of sp³-hybridized carbons (Fsp3) is 0.0500. The van der Waals surface area contributed by atoms with Crippen LogP contribution in [0.1, 0.15) is 0 Å². The molecule has 0 aromatic heterocycles. The van der Waals surface area contributed by atoms with Gasteiger partial charge in [0.1, 0.15) is 0 Å². The molecule has 0 N–H and O–H groups in total. The lowest BCUT2D eigenvalue weighted by molar-refractivity contribution is 1.39. The van der Waals surface area contributed by atoms with Crippen LogP contribution in [0.5, 0.6) is 0 Å². The third-order valence-corrected chi connectivity index (χ3v) is 6.26. The van der Waals surface area contributed by atoms with Crippen LogP contribution in [0.2, 0.25) is 0 Å². The first-order valence-electron chi connectivity index (χ1n) is 7.53. The Bertz CT molecular complexity index is 732. The predicted molar refractivity (Wildman–Crippen MR) is 106 cm³/mol. The monoisotopic (exact) mass is 335 g/mol. The molecule has 0 aliphatic heterocycles. The summed E-state index contributed by atoms with van der Waals surface area (Å²) in [5.41, 5.74) is 0.923. The molecule has 0 radical (unpaired) electrons. The van der Waals surface area contributed by atoms with Crippen molar-refractivity contribution in [2.45, 2.75) is 4.90 Å². The Morgan fingerprint density at radius 1 is 0.739 bits per heavy atom. The third-order valence-electron chi connectivity index (χ3n) is 3.51. The Labute approximate surface area is 144 Å². The lowest BCUT2D eigenvalue weighted by Crippen LogP contribution is -2.14. The van der Waals surface area contributed by atoms with Gasteiger partial charge in [0.25, 0.3) is 0 Å². The Balaban J connectivity index is 1.84. The van der Waals surface area contributed by atoms with Gasteiger partial charge >= 0.3 is 0 Å². The van der Waals surface area contributed by atoms with Crippen LogP contribution in [-0.4, -0.2) is 12.4 Å². The molecule has 0 atom stereocenters. The van der Waals surface area contributed by atoms with E-state index in [9.17, 15) is 0 Å². The Morgan fingerprint density at radius 2 is 1.26 bits per heavy atom. The van der Waals surface area contributed by atoms with Crippen molar-refractivity contribution < 1.29 is 0 Å². The maximum Gasteiger partial charge on any atom is 0.0759 e. The third kappa shape index (κ3) is 4.31. The van der Waals surface area contributed by atoms with E-state index in [4.69, 9.17) is 0 Å². The van der Waals surface area contributed by atoms with Crippen molar-refractivity contribution in [3.05, 3.63) is 84.9 Å². The highest BCUT2D eigenvalue weighted by Crippen LogP contribution is 2.32. The van der Waals surface area contributed by atoms with Crippen molar-refractivity contribution in [1.29, 1.82) is 0 Å². The molecule has 0 amide bonds. The fourth-order valence-electron chi connectivity index (χ4n) is 2.37. The molecule has 3 aromatic rings. The molecular formula is C20H18NPS. The van der Waals surface area contributed by atoms with Crippen molar-refractivity contribution in [3.8, 4) is 0 Å². The molecule has 0 aliphatic carbocycles. The maximum absolute atomic E-state index is 4.61. The Kier molecular flexibility index (Phi) is 5.63. The standard InChI is InChI=1S/C20H18NPS/c23-20-14-8-7-13-19(20)21-15-16-22(17-9-3-1-4-10-17)18-11-5-2-6-12-18/h1-15,23H,16H2. The summed E-state index contributed by atoms with van der Waals surface area (Å²) in [5, 5.41) is 2.75. The first kappa shape index (κ1) is 16.0. The Hall–Kier alpha value is -1.89. The number of aliphatic imine (C=N–C) groups is 1. The second-order valence-corrected chi connectivity index (χ2v) is 7.82. The number of hydrogen-bond donors (Lipinski definition) is 1. The van der Waals surface area contributed by atoms with E-state index in [1.807, 2.05) is 30.5 Å². The molecule has 0 saturated carbocycles. The SMILES string of the molecule is Sc1ccccc1N=CCP(c1ccccc1)c1ccccc1. The van der Waals surface area contributed by atoms with Crippen LogP contribution in [0, 0.1) is 0 Å². The summed E-state index contributed by atoms with van der Waals surface area (Å²) in [6.07, 6.45) is 2.95. The second kappa shape index (κ2) is 8.10. The van der Waals surface area contributed by atoms with E-state index in [2.05, 4.69) is 78.3 Å². The minimum Gasteiger partial charge on any atom is -0.260 e. The predicted octanol–water partition coefficient (Wildman–Crippen LogP) is 4.81. The molecule has 3 heteroatoms. The van der Waals surface area contributed by atoms with E-state index in [-0.39, 0.29) is 0 Å². The maximum atomic E-state index is 4.61. The molecule has 114 valence electrons. The highest BCUT2D eigenvalue weighted by molar-refractivity contribution is 7.80. The van der Waals surface area contributed by atoms with Gasteiger partial charge in [-0.25, -0.2) is 0 Å². The van der Waals surface area contributed by atoms with E-state index in [0.29, 0.717) is 0 Å². The molecule has 23 heavy (non-hydrogen) atoms. The van der Waals surface area contributed by atoms with Gasteiger partial charge in [-0.3, -0.25) is 4.99 Å². The molecule has 1 nitrogen and oxygen atoms in total. The summed E-state index contributed by atoms with van der Waals surface area (Å²) in [6.45, 7) is 0. The Morgan fingerprint density at radius 3 is 1.83 bits per heavy atom. The second-order valence-electron chi connectivity index (χ2n) is 5.08. The molecule has 0 heterocycles. The molecule has 3 rings (SSSR count). The largest absolute Gasteiger partial charge is 0.260 e. The fourth-order valence-corrected chi connectivity index (χ4v) is 4.62. The van der Waals surface area contributed by atoms with Crippen molar-refractivity contribution in [1.82, 2.24) is 0 Å². The van der Waals surface area contributed by atoms with Crippen LogP contribution >= 0.6 is 20.6 Å². The lowest BCUT2D eigenvalue weighted by Gasteiger charge is -2.16. The van der Waals surface area contributed by atoms with Crippen LogP contribution < -0.4 is 10.6 Å². The molecule has 0 saturated heterocycles. The number of para-hydroxylation sites is 1. The zero-order valence-corrected chi connectivity index (χ0v) is 14.5.